The number of rotatable bonds is 10. The average molecular weight is 449 g/mol. The smallest absolute Gasteiger partial charge is 0.134 e. The van der Waals surface area contributed by atoms with Crippen molar-refractivity contribution >= 4 is 39.9 Å². The summed E-state index contributed by atoms with van der Waals surface area (Å²) in [4.78, 5) is 0. The number of benzene rings is 2. The molecular formula is C19H24BrCl2NO2. The van der Waals surface area contributed by atoms with Crippen LogP contribution < -0.4 is 10.1 Å². The van der Waals surface area contributed by atoms with E-state index in [0.717, 1.165) is 53.5 Å². The number of nitrogens with one attached hydrogen (secondary N) is 1. The van der Waals surface area contributed by atoms with E-state index in [4.69, 9.17) is 21.1 Å². The Kier molecular flexibility index (Phi) is 11.2. The maximum atomic E-state index is 5.89. The van der Waals surface area contributed by atoms with Crippen LogP contribution in [-0.4, -0.2) is 19.8 Å². The summed E-state index contributed by atoms with van der Waals surface area (Å²) in [6.07, 6.45) is 1.03. The van der Waals surface area contributed by atoms with Gasteiger partial charge in [-0.15, -0.1) is 12.4 Å². The summed E-state index contributed by atoms with van der Waals surface area (Å²) >= 11 is 9.47. The summed E-state index contributed by atoms with van der Waals surface area (Å²) in [6.45, 7) is 5.91. The number of hydrogen-bond acceptors (Lipinski definition) is 3. The van der Waals surface area contributed by atoms with Gasteiger partial charge in [-0.25, -0.2) is 0 Å². The summed E-state index contributed by atoms with van der Waals surface area (Å²) in [5, 5.41) is 4.15. The second-order valence-electron chi connectivity index (χ2n) is 5.41. The second kappa shape index (κ2) is 12.6. The predicted octanol–water partition coefficient (Wildman–Crippen LogP) is 5.62. The fourth-order valence-corrected chi connectivity index (χ4v) is 2.86. The Balaban J connectivity index is 0.00000312. The molecule has 0 bridgehead atoms. The summed E-state index contributed by atoms with van der Waals surface area (Å²) in [5.41, 5.74) is 2.31. The van der Waals surface area contributed by atoms with Gasteiger partial charge in [0.1, 0.15) is 12.4 Å². The van der Waals surface area contributed by atoms with Crippen molar-refractivity contribution in [3.05, 3.63) is 63.1 Å². The maximum Gasteiger partial charge on any atom is 0.134 e. The molecule has 2 aromatic carbocycles. The molecule has 0 unspecified atom stereocenters. The van der Waals surface area contributed by atoms with Gasteiger partial charge in [-0.05, 0) is 71.2 Å². The van der Waals surface area contributed by atoms with Crippen molar-refractivity contribution in [2.24, 2.45) is 0 Å². The zero-order valence-corrected chi connectivity index (χ0v) is 17.4. The standard InChI is InChI=1S/C19H23BrClNO2.ClH/c1-2-23-11-3-10-22-13-16-6-9-19(18(20)12-16)24-14-15-4-7-17(21)8-5-15;/h4-9,12,22H,2-3,10-11,13-14H2,1H3;1H. The molecule has 3 nitrogen and oxygen atoms in total. The number of hydrogen-bond donors (Lipinski definition) is 1. The van der Waals surface area contributed by atoms with Gasteiger partial charge in [0.05, 0.1) is 4.47 Å². The zero-order valence-electron chi connectivity index (χ0n) is 14.3. The molecule has 0 aliphatic heterocycles. The van der Waals surface area contributed by atoms with E-state index < -0.39 is 0 Å². The molecule has 0 fully saturated rings. The third-order valence-corrected chi connectivity index (χ3v) is 4.35. The fourth-order valence-electron chi connectivity index (χ4n) is 2.19. The Bertz CT molecular complexity index is 623. The minimum absolute atomic E-state index is 0. The molecule has 1 N–H and O–H groups in total. The van der Waals surface area contributed by atoms with E-state index in [1.54, 1.807) is 0 Å². The van der Waals surface area contributed by atoms with Gasteiger partial charge in [0, 0.05) is 24.8 Å². The van der Waals surface area contributed by atoms with Gasteiger partial charge in [0.2, 0.25) is 0 Å². The highest BCUT2D eigenvalue weighted by molar-refractivity contribution is 9.10. The van der Waals surface area contributed by atoms with Crippen LogP contribution in [0.2, 0.25) is 5.02 Å². The molecule has 0 aliphatic rings. The van der Waals surface area contributed by atoms with Crippen molar-refractivity contribution in [2.45, 2.75) is 26.5 Å². The molecule has 0 atom stereocenters. The lowest BCUT2D eigenvalue weighted by atomic mass is 10.2. The molecule has 0 saturated carbocycles. The summed E-state index contributed by atoms with van der Waals surface area (Å²) in [7, 11) is 0. The van der Waals surface area contributed by atoms with E-state index in [1.165, 1.54) is 5.56 Å². The molecule has 2 aromatic rings. The zero-order chi connectivity index (χ0) is 17.2. The molecule has 0 heterocycles. The number of halogens is 3. The van der Waals surface area contributed by atoms with E-state index in [1.807, 2.05) is 37.3 Å². The molecule has 138 valence electrons. The SMILES string of the molecule is CCOCCCNCc1ccc(OCc2ccc(Cl)cc2)c(Br)c1.Cl. The summed E-state index contributed by atoms with van der Waals surface area (Å²) in [5.74, 6) is 0.838. The molecule has 0 saturated heterocycles. The average Bonchev–Trinajstić information content (AvgIpc) is 2.59. The topological polar surface area (TPSA) is 30.5 Å². The Morgan fingerprint density at radius 1 is 1.08 bits per heavy atom. The van der Waals surface area contributed by atoms with Crippen LogP contribution in [0.1, 0.15) is 24.5 Å². The molecule has 0 amide bonds. The van der Waals surface area contributed by atoms with Gasteiger partial charge in [-0.3, -0.25) is 0 Å². The van der Waals surface area contributed by atoms with Crippen LogP contribution in [0.4, 0.5) is 0 Å². The van der Waals surface area contributed by atoms with Crippen LogP contribution in [0.15, 0.2) is 46.9 Å². The highest BCUT2D eigenvalue weighted by Gasteiger charge is 2.04. The lowest BCUT2D eigenvalue weighted by Gasteiger charge is -2.11. The summed E-state index contributed by atoms with van der Waals surface area (Å²) in [6, 6.07) is 13.8. The third kappa shape index (κ3) is 8.43. The van der Waals surface area contributed by atoms with Gasteiger partial charge < -0.3 is 14.8 Å². The van der Waals surface area contributed by atoms with Gasteiger partial charge >= 0.3 is 0 Å². The van der Waals surface area contributed by atoms with Crippen LogP contribution in [-0.2, 0) is 17.9 Å². The molecule has 6 heteroatoms. The lowest BCUT2D eigenvalue weighted by molar-refractivity contribution is 0.144. The Morgan fingerprint density at radius 3 is 2.48 bits per heavy atom. The van der Waals surface area contributed by atoms with E-state index >= 15 is 0 Å². The van der Waals surface area contributed by atoms with Gasteiger partial charge in [-0.1, -0.05) is 29.8 Å². The van der Waals surface area contributed by atoms with E-state index in [0.29, 0.717) is 6.61 Å². The monoisotopic (exact) mass is 447 g/mol. The van der Waals surface area contributed by atoms with E-state index in [9.17, 15) is 0 Å². The molecule has 0 spiro atoms. The first kappa shape index (κ1) is 22.3. The molecular weight excluding hydrogens is 425 g/mol. The molecule has 0 aliphatic carbocycles. The molecule has 2 rings (SSSR count). The van der Waals surface area contributed by atoms with Crippen LogP contribution in [0.25, 0.3) is 0 Å². The van der Waals surface area contributed by atoms with Crippen molar-refractivity contribution in [2.75, 3.05) is 19.8 Å². The lowest BCUT2D eigenvalue weighted by Crippen LogP contribution is -2.16. The van der Waals surface area contributed by atoms with Gasteiger partial charge in [0.15, 0.2) is 0 Å². The molecule has 0 radical (unpaired) electrons. The highest BCUT2D eigenvalue weighted by Crippen LogP contribution is 2.27. The molecule has 0 aromatic heterocycles. The highest BCUT2D eigenvalue weighted by atomic mass is 79.9. The minimum Gasteiger partial charge on any atom is -0.488 e. The maximum absolute atomic E-state index is 5.89. The van der Waals surface area contributed by atoms with Crippen molar-refractivity contribution in [3.8, 4) is 5.75 Å². The third-order valence-electron chi connectivity index (χ3n) is 3.48. The first-order valence-electron chi connectivity index (χ1n) is 8.13. The van der Waals surface area contributed by atoms with Crippen molar-refractivity contribution < 1.29 is 9.47 Å². The quantitative estimate of drug-likeness (QED) is 0.478. The Labute approximate surface area is 169 Å². The Morgan fingerprint density at radius 2 is 1.80 bits per heavy atom. The van der Waals surface area contributed by atoms with Gasteiger partial charge in [-0.2, -0.15) is 0 Å². The second-order valence-corrected chi connectivity index (χ2v) is 6.70. The fraction of sp³-hybridized carbons (Fsp3) is 0.368. The van der Waals surface area contributed by atoms with Crippen molar-refractivity contribution in [1.29, 1.82) is 0 Å². The number of ether oxygens (including phenoxy) is 2. The van der Waals surface area contributed by atoms with Crippen LogP contribution in [0.3, 0.4) is 0 Å². The largest absolute Gasteiger partial charge is 0.488 e. The summed E-state index contributed by atoms with van der Waals surface area (Å²) < 4.78 is 12.1. The van der Waals surface area contributed by atoms with Crippen molar-refractivity contribution in [3.63, 3.8) is 0 Å². The van der Waals surface area contributed by atoms with E-state index in [2.05, 4.69) is 33.4 Å². The minimum atomic E-state index is 0. The Hall–Kier alpha value is -0.780. The van der Waals surface area contributed by atoms with Crippen LogP contribution in [0.5, 0.6) is 5.75 Å². The van der Waals surface area contributed by atoms with Crippen LogP contribution >= 0.6 is 39.9 Å². The van der Waals surface area contributed by atoms with Gasteiger partial charge in [0.25, 0.3) is 0 Å². The van der Waals surface area contributed by atoms with Crippen LogP contribution in [0, 0.1) is 0 Å². The van der Waals surface area contributed by atoms with Crippen molar-refractivity contribution in [1.82, 2.24) is 5.32 Å². The first-order valence-corrected chi connectivity index (χ1v) is 9.30. The first-order chi connectivity index (χ1) is 11.7. The predicted molar refractivity (Wildman–Crippen MR) is 110 cm³/mol. The normalized spacial score (nSPS) is 10.4. The van der Waals surface area contributed by atoms with E-state index in [-0.39, 0.29) is 12.4 Å². The molecule has 25 heavy (non-hydrogen) atoms.